The molecule has 0 saturated carbocycles. The molecule has 0 aromatic rings. The van der Waals surface area contributed by atoms with Crippen LogP contribution < -0.4 is 0 Å². The van der Waals surface area contributed by atoms with Crippen LogP contribution in [0.15, 0.2) is 17.9 Å². The lowest BCUT2D eigenvalue weighted by molar-refractivity contribution is -0.137. The molecule has 0 aromatic heterocycles. The van der Waals surface area contributed by atoms with E-state index in [1.807, 2.05) is 12.2 Å². The van der Waals surface area contributed by atoms with E-state index >= 15 is 0 Å². The first kappa shape index (κ1) is 13.0. The molecule has 0 unspecified atom stereocenters. The Kier molecular flexibility index (Phi) is 9.35. The zero-order chi connectivity index (χ0) is 10.6. The van der Waals surface area contributed by atoms with Crippen LogP contribution in [-0.4, -0.2) is 11.1 Å². The van der Waals surface area contributed by atoms with E-state index in [1.54, 1.807) is 0 Å². The summed E-state index contributed by atoms with van der Waals surface area (Å²) in [7, 11) is 0. The van der Waals surface area contributed by atoms with Crippen molar-refractivity contribution in [2.45, 2.75) is 51.9 Å². The van der Waals surface area contributed by atoms with Crippen LogP contribution in [0.1, 0.15) is 51.9 Å². The Morgan fingerprint density at radius 3 is 2.43 bits per heavy atom. The van der Waals surface area contributed by atoms with E-state index in [-0.39, 0.29) is 6.42 Å². The van der Waals surface area contributed by atoms with Crippen LogP contribution in [-0.2, 0) is 4.79 Å². The van der Waals surface area contributed by atoms with Crippen molar-refractivity contribution in [1.82, 2.24) is 0 Å². The summed E-state index contributed by atoms with van der Waals surface area (Å²) in [5.74, 6) is -0.717. The molecule has 0 radical (unpaired) electrons. The van der Waals surface area contributed by atoms with Crippen molar-refractivity contribution in [2.75, 3.05) is 0 Å². The maximum atomic E-state index is 10.2. The lowest BCUT2D eigenvalue weighted by atomic mass is 10.2. The highest BCUT2D eigenvalue weighted by molar-refractivity contribution is 5.66. The van der Waals surface area contributed by atoms with Crippen LogP contribution in [0.2, 0.25) is 0 Å². The first-order chi connectivity index (χ1) is 6.77. The van der Waals surface area contributed by atoms with Crippen molar-refractivity contribution in [3.05, 3.63) is 17.9 Å². The number of carboxylic acids is 1. The van der Waals surface area contributed by atoms with Crippen molar-refractivity contribution in [3.8, 4) is 0 Å². The van der Waals surface area contributed by atoms with Gasteiger partial charge in [-0.15, -0.1) is 5.73 Å². The minimum absolute atomic E-state index is 0.258. The normalized spacial score (nSPS) is 9.21. The number of aliphatic carboxylic acids is 1. The summed E-state index contributed by atoms with van der Waals surface area (Å²) >= 11 is 0. The number of hydrogen-bond acceptors (Lipinski definition) is 1. The third kappa shape index (κ3) is 11.0. The van der Waals surface area contributed by atoms with Crippen molar-refractivity contribution >= 4 is 5.97 Å². The highest BCUT2D eigenvalue weighted by Crippen LogP contribution is 1.99. The lowest BCUT2D eigenvalue weighted by Crippen LogP contribution is -1.92. The number of hydrogen-bond donors (Lipinski definition) is 1. The summed E-state index contributed by atoms with van der Waals surface area (Å²) in [4.78, 5) is 10.2. The monoisotopic (exact) mass is 196 g/mol. The quantitative estimate of drug-likeness (QED) is 0.476. The number of carboxylic acid groups (broad SMARTS) is 1. The molecule has 0 amide bonds. The van der Waals surface area contributed by atoms with Crippen LogP contribution in [0.5, 0.6) is 0 Å². The molecule has 0 bridgehead atoms. The highest BCUT2D eigenvalue weighted by Gasteiger charge is 1.92. The molecular weight excluding hydrogens is 176 g/mol. The van der Waals surface area contributed by atoms with E-state index in [0.717, 1.165) is 12.8 Å². The Morgan fingerprint density at radius 2 is 1.86 bits per heavy atom. The topological polar surface area (TPSA) is 37.3 Å². The predicted molar refractivity (Wildman–Crippen MR) is 58.3 cm³/mol. The zero-order valence-corrected chi connectivity index (χ0v) is 8.96. The molecule has 14 heavy (non-hydrogen) atoms. The molecule has 0 heterocycles. The molecule has 0 spiro atoms. The minimum atomic E-state index is -0.717. The number of rotatable bonds is 8. The Hall–Kier alpha value is -1.01. The van der Waals surface area contributed by atoms with E-state index in [1.165, 1.54) is 19.3 Å². The van der Waals surface area contributed by atoms with Gasteiger partial charge in [-0.1, -0.05) is 19.8 Å². The van der Waals surface area contributed by atoms with Crippen LogP contribution in [0.3, 0.4) is 0 Å². The van der Waals surface area contributed by atoms with Crippen LogP contribution >= 0.6 is 0 Å². The maximum absolute atomic E-state index is 10.2. The second-order valence-electron chi connectivity index (χ2n) is 3.36. The second-order valence-corrected chi connectivity index (χ2v) is 3.36. The van der Waals surface area contributed by atoms with Gasteiger partial charge in [-0.3, -0.25) is 4.79 Å². The van der Waals surface area contributed by atoms with E-state index in [4.69, 9.17) is 5.11 Å². The summed E-state index contributed by atoms with van der Waals surface area (Å²) in [6.45, 7) is 2.19. The molecule has 0 aliphatic carbocycles. The average molecular weight is 196 g/mol. The molecule has 2 heteroatoms. The average Bonchev–Trinajstić information content (AvgIpc) is 2.15. The number of allylic oxidation sites excluding steroid dienone is 1. The summed E-state index contributed by atoms with van der Waals surface area (Å²) in [6, 6.07) is 0. The summed E-state index contributed by atoms with van der Waals surface area (Å²) in [6.07, 6.45) is 10.6. The largest absolute Gasteiger partial charge is 0.481 e. The molecule has 0 fully saturated rings. The van der Waals surface area contributed by atoms with Crippen molar-refractivity contribution < 1.29 is 9.90 Å². The van der Waals surface area contributed by atoms with E-state index in [9.17, 15) is 4.79 Å². The molecule has 1 N–H and O–H groups in total. The summed E-state index contributed by atoms with van der Waals surface area (Å²) in [5, 5.41) is 8.37. The molecule has 80 valence electrons. The van der Waals surface area contributed by atoms with Gasteiger partial charge in [0.05, 0.1) is 0 Å². The highest BCUT2D eigenvalue weighted by atomic mass is 16.4. The SMILES string of the molecule is CCCCCC=C=CCCCC(=O)O. The molecule has 2 nitrogen and oxygen atoms in total. The van der Waals surface area contributed by atoms with Crippen molar-refractivity contribution in [2.24, 2.45) is 0 Å². The maximum Gasteiger partial charge on any atom is 0.303 e. The lowest BCUT2D eigenvalue weighted by Gasteiger charge is -1.89. The fraction of sp³-hybridized carbons (Fsp3) is 0.667. The zero-order valence-electron chi connectivity index (χ0n) is 8.96. The van der Waals surface area contributed by atoms with Gasteiger partial charge in [0.15, 0.2) is 0 Å². The Balaban J connectivity index is 3.28. The molecule has 0 rings (SSSR count). The fourth-order valence-electron chi connectivity index (χ4n) is 1.10. The number of unbranched alkanes of at least 4 members (excludes halogenated alkanes) is 4. The fourth-order valence-corrected chi connectivity index (χ4v) is 1.10. The van der Waals surface area contributed by atoms with Gasteiger partial charge >= 0.3 is 5.97 Å². The third-order valence-electron chi connectivity index (χ3n) is 1.93. The van der Waals surface area contributed by atoms with E-state index in [2.05, 4.69) is 12.7 Å². The van der Waals surface area contributed by atoms with Gasteiger partial charge < -0.3 is 5.11 Å². The predicted octanol–water partition coefficient (Wildman–Crippen LogP) is 3.53. The van der Waals surface area contributed by atoms with Gasteiger partial charge in [-0.25, -0.2) is 0 Å². The minimum Gasteiger partial charge on any atom is -0.481 e. The molecule has 0 atom stereocenters. The Morgan fingerprint density at radius 1 is 1.21 bits per heavy atom. The standard InChI is InChI=1S/C12H20O2/c1-2-3-4-5-6-7-8-9-10-11-12(13)14/h6,8H,2-5,9-11H2,1H3,(H,13,14). The smallest absolute Gasteiger partial charge is 0.303 e. The van der Waals surface area contributed by atoms with E-state index in [0.29, 0.717) is 6.42 Å². The Bertz CT molecular complexity index is 200. The van der Waals surface area contributed by atoms with Crippen molar-refractivity contribution in [3.63, 3.8) is 0 Å². The van der Waals surface area contributed by atoms with Gasteiger partial charge in [0.1, 0.15) is 0 Å². The van der Waals surface area contributed by atoms with Crippen LogP contribution in [0, 0.1) is 0 Å². The van der Waals surface area contributed by atoms with Gasteiger partial charge in [0, 0.05) is 6.42 Å². The Labute approximate surface area is 86.3 Å². The molecule has 0 aromatic carbocycles. The van der Waals surface area contributed by atoms with Crippen LogP contribution in [0.25, 0.3) is 0 Å². The van der Waals surface area contributed by atoms with Gasteiger partial charge in [-0.2, -0.15) is 0 Å². The molecule has 0 aliphatic heterocycles. The molecule has 0 saturated heterocycles. The van der Waals surface area contributed by atoms with Crippen LogP contribution in [0.4, 0.5) is 0 Å². The first-order valence-corrected chi connectivity index (χ1v) is 5.38. The summed E-state index contributed by atoms with van der Waals surface area (Å²) < 4.78 is 0. The first-order valence-electron chi connectivity index (χ1n) is 5.38. The summed E-state index contributed by atoms with van der Waals surface area (Å²) in [5.41, 5.74) is 3.08. The van der Waals surface area contributed by atoms with Gasteiger partial charge in [0.2, 0.25) is 0 Å². The third-order valence-corrected chi connectivity index (χ3v) is 1.93. The van der Waals surface area contributed by atoms with Crippen molar-refractivity contribution in [1.29, 1.82) is 0 Å². The molecule has 0 aliphatic rings. The number of carbonyl (C=O) groups is 1. The second kappa shape index (κ2) is 10.1. The van der Waals surface area contributed by atoms with E-state index < -0.39 is 5.97 Å². The van der Waals surface area contributed by atoms with Gasteiger partial charge in [0.25, 0.3) is 0 Å². The van der Waals surface area contributed by atoms with Gasteiger partial charge in [-0.05, 0) is 37.8 Å². The molecular formula is C12H20O2.